The Labute approximate surface area is 180 Å². The Morgan fingerprint density at radius 2 is 1.97 bits per heavy atom. The molecule has 0 saturated carbocycles. The minimum atomic E-state index is -4.73. The van der Waals surface area contributed by atoms with Crippen molar-refractivity contribution in [2.24, 2.45) is 0 Å². The summed E-state index contributed by atoms with van der Waals surface area (Å²) in [4.78, 5) is 8.50. The molecule has 0 bridgehead atoms. The van der Waals surface area contributed by atoms with Crippen LogP contribution in [0, 0.1) is 18.6 Å². The Hall–Kier alpha value is -3.01. The number of hydrogen-bond donors (Lipinski definition) is 2. The van der Waals surface area contributed by atoms with Crippen LogP contribution < -0.4 is 5.32 Å². The topological polar surface area (TPSA) is 61.3 Å². The van der Waals surface area contributed by atoms with Crippen molar-refractivity contribution in [1.29, 1.82) is 0 Å². The van der Waals surface area contributed by atoms with Crippen molar-refractivity contribution in [3.8, 4) is 5.75 Å². The molecule has 1 aliphatic heterocycles. The van der Waals surface area contributed by atoms with Crippen molar-refractivity contribution in [3.05, 3.63) is 59.0 Å². The molecule has 2 heterocycles. The van der Waals surface area contributed by atoms with Crippen LogP contribution in [-0.2, 0) is 0 Å². The smallest absolute Gasteiger partial charge is 0.461 e. The number of phenolic OH excluding ortho intramolecular Hbond substituents is 1. The summed E-state index contributed by atoms with van der Waals surface area (Å²) in [6.07, 6.45) is -3.96. The summed E-state index contributed by atoms with van der Waals surface area (Å²) in [6, 6.07) is 4.40. The van der Waals surface area contributed by atoms with Crippen molar-refractivity contribution in [2.45, 2.75) is 45.1 Å². The van der Waals surface area contributed by atoms with Gasteiger partial charge in [0.15, 0.2) is 11.6 Å². The lowest BCUT2D eigenvalue weighted by Crippen LogP contribution is -2.49. The molecule has 2 N–H and O–H groups in total. The third-order valence-corrected chi connectivity index (χ3v) is 5.67. The van der Waals surface area contributed by atoms with Crippen LogP contribution in [0.25, 0.3) is 10.9 Å². The molecule has 0 amide bonds. The summed E-state index contributed by atoms with van der Waals surface area (Å²) in [7, 11) is 0. The second kappa shape index (κ2) is 8.16. The summed E-state index contributed by atoms with van der Waals surface area (Å²) in [6.45, 7) is 2.94. The second-order valence-corrected chi connectivity index (χ2v) is 7.85. The van der Waals surface area contributed by atoms with Gasteiger partial charge in [-0.3, -0.25) is 0 Å². The number of fused-ring (bicyclic) bond motifs is 2. The van der Waals surface area contributed by atoms with Gasteiger partial charge in [0, 0.05) is 41.4 Å². The number of aromatic hydroxyl groups is 1. The summed E-state index contributed by atoms with van der Waals surface area (Å²) in [5, 5.41) is 13.5. The van der Waals surface area contributed by atoms with Gasteiger partial charge in [-0.15, -0.1) is 0 Å². The van der Waals surface area contributed by atoms with Crippen molar-refractivity contribution < 1.29 is 27.1 Å². The maximum atomic E-state index is 14.3. The molecule has 5 nitrogen and oxygen atoms in total. The number of phenols is 1. The van der Waals surface area contributed by atoms with Gasteiger partial charge in [-0.05, 0) is 31.0 Å². The molecule has 0 saturated heterocycles. The first-order valence-corrected chi connectivity index (χ1v) is 10.1. The zero-order valence-corrected chi connectivity index (χ0v) is 17.3. The SMILES string of the molecule is CCC[C@@H]1CN(C(F)(F)F)[C@@H](Nc2cc(F)cc3nc(C)ncc23)c2ccc(F)c(O)c21. The van der Waals surface area contributed by atoms with Gasteiger partial charge >= 0.3 is 6.30 Å². The lowest BCUT2D eigenvalue weighted by atomic mass is 9.84. The minimum absolute atomic E-state index is 0.0583. The summed E-state index contributed by atoms with van der Waals surface area (Å²) >= 11 is 0. The van der Waals surface area contributed by atoms with Crippen molar-refractivity contribution >= 4 is 16.6 Å². The Kier molecular flexibility index (Phi) is 5.66. The maximum Gasteiger partial charge on any atom is 0.461 e. The number of aromatic nitrogens is 2. The molecule has 0 fully saturated rings. The highest BCUT2D eigenvalue weighted by Gasteiger charge is 2.48. The average Bonchev–Trinajstić information content (AvgIpc) is 2.70. The molecule has 10 heteroatoms. The van der Waals surface area contributed by atoms with Gasteiger partial charge in [0.25, 0.3) is 0 Å². The van der Waals surface area contributed by atoms with E-state index in [2.05, 4.69) is 15.3 Å². The lowest BCUT2D eigenvalue weighted by molar-refractivity contribution is -0.260. The van der Waals surface area contributed by atoms with Gasteiger partial charge < -0.3 is 10.4 Å². The average molecular weight is 452 g/mol. The molecule has 170 valence electrons. The molecule has 0 unspecified atom stereocenters. The standard InChI is InChI=1S/C22H21F5N4O/c1-3-4-12-10-31(22(25,26)27)21(14-5-6-16(24)20(32)19(12)14)30-18-8-13(23)7-17-15(18)9-28-11(2)29-17/h5-9,12,21,30,32H,3-4,10H2,1-2H3/t12-,21-/m1/s1. The molecule has 1 aliphatic rings. The minimum Gasteiger partial charge on any atom is -0.505 e. The van der Waals surface area contributed by atoms with E-state index in [0.717, 1.165) is 12.1 Å². The predicted molar refractivity (Wildman–Crippen MR) is 109 cm³/mol. The van der Waals surface area contributed by atoms with Gasteiger partial charge in [-0.25, -0.2) is 18.7 Å². The fraction of sp³-hybridized carbons (Fsp3) is 0.364. The fourth-order valence-corrected chi connectivity index (χ4v) is 4.32. The third-order valence-electron chi connectivity index (χ3n) is 5.67. The van der Waals surface area contributed by atoms with Crippen LogP contribution in [-0.4, -0.2) is 32.8 Å². The molecule has 32 heavy (non-hydrogen) atoms. The molecular formula is C22H21F5N4O. The lowest BCUT2D eigenvalue weighted by Gasteiger charge is -2.42. The fourth-order valence-electron chi connectivity index (χ4n) is 4.32. The summed E-state index contributed by atoms with van der Waals surface area (Å²) in [5.74, 6) is -2.57. The van der Waals surface area contributed by atoms with E-state index in [1.54, 1.807) is 13.8 Å². The Morgan fingerprint density at radius 1 is 1.22 bits per heavy atom. The van der Waals surface area contributed by atoms with E-state index < -0.39 is 42.3 Å². The first kappa shape index (κ1) is 22.2. The van der Waals surface area contributed by atoms with Gasteiger partial charge in [0.05, 0.1) is 5.52 Å². The number of anilines is 1. The van der Waals surface area contributed by atoms with Crippen LogP contribution in [0.3, 0.4) is 0 Å². The number of alkyl halides is 3. The van der Waals surface area contributed by atoms with Crippen LogP contribution in [0.2, 0.25) is 0 Å². The van der Waals surface area contributed by atoms with E-state index in [1.807, 2.05) is 0 Å². The Balaban J connectivity index is 1.89. The maximum absolute atomic E-state index is 14.3. The van der Waals surface area contributed by atoms with E-state index in [4.69, 9.17) is 0 Å². The molecule has 0 radical (unpaired) electrons. The molecule has 2 aromatic carbocycles. The number of benzene rings is 2. The third kappa shape index (κ3) is 3.94. The zero-order valence-electron chi connectivity index (χ0n) is 17.3. The van der Waals surface area contributed by atoms with Gasteiger partial charge in [0.2, 0.25) is 0 Å². The predicted octanol–water partition coefficient (Wildman–Crippen LogP) is 5.75. The van der Waals surface area contributed by atoms with Crippen LogP contribution >= 0.6 is 0 Å². The van der Waals surface area contributed by atoms with Crippen molar-refractivity contribution in [1.82, 2.24) is 14.9 Å². The van der Waals surface area contributed by atoms with Crippen molar-refractivity contribution in [3.63, 3.8) is 0 Å². The first-order valence-electron chi connectivity index (χ1n) is 10.1. The first-order chi connectivity index (χ1) is 15.1. The molecule has 0 spiro atoms. The molecular weight excluding hydrogens is 431 g/mol. The highest BCUT2D eigenvalue weighted by molar-refractivity contribution is 5.91. The highest BCUT2D eigenvalue weighted by atomic mass is 19.4. The second-order valence-electron chi connectivity index (χ2n) is 7.85. The number of aryl methyl sites for hydroxylation is 1. The molecule has 0 aliphatic carbocycles. The molecule has 3 aromatic rings. The van der Waals surface area contributed by atoms with E-state index >= 15 is 0 Å². The molecule has 4 rings (SSSR count). The van der Waals surface area contributed by atoms with E-state index in [1.165, 1.54) is 18.3 Å². The van der Waals surface area contributed by atoms with Gasteiger partial charge in [0.1, 0.15) is 17.8 Å². The zero-order chi connectivity index (χ0) is 23.2. The Bertz CT molecular complexity index is 1160. The van der Waals surface area contributed by atoms with Gasteiger partial charge in [-0.1, -0.05) is 19.4 Å². The van der Waals surface area contributed by atoms with Crippen LogP contribution in [0.1, 0.15) is 48.8 Å². The highest BCUT2D eigenvalue weighted by Crippen LogP contribution is 2.47. The number of nitrogens with one attached hydrogen (secondary N) is 1. The molecule has 1 aromatic heterocycles. The number of nitrogens with zero attached hydrogens (tertiary/aromatic N) is 3. The van der Waals surface area contributed by atoms with Crippen LogP contribution in [0.4, 0.5) is 27.6 Å². The van der Waals surface area contributed by atoms with E-state index in [-0.39, 0.29) is 22.3 Å². The number of halogens is 5. The van der Waals surface area contributed by atoms with Crippen LogP contribution in [0.15, 0.2) is 30.5 Å². The normalized spacial score (nSPS) is 19.2. The molecule has 2 atom stereocenters. The monoisotopic (exact) mass is 452 g/mol. The van der Waals surface area contributed by atoms with Crippen molar-refractivity contribution in [2.75, 3.05) is 11.9 Å². The number of rotatable bonds is 4. The number of hydrogen-bond acceptors (Lipinski definition) is 5. The summed E-state index contributed by atoms with van der Waals surface area (Å²) in [5.41, 5.74) is 0.511. The quantitative estimate of drug-likeness (QED) is 0.390. The summed E-state index contributed by atoms with van der Waals surface area (Å²) < 4.78 is 70.6. The van der Waals surface area contributed by atoms with Gasteiger partial charge in [-0.2, -0.15) is 18.1 Å². The van der Waals surface area contributed by atoms with Crippen LogP contribution in [0.5, 0.6) is 5.75 Å². The largest absolute Gasteiger partial charge is 0.505 e. The van der Waals surface area contributed by atoms with E-state index in [9.17, 15) is 27.1 Å². The Morgan fingerprint density at radius 3 is 2.66 bits per heavy atom. The van der Waals surface area contributed by atoms with E-state index in [0.29, 0.717) is 29.0 Å².